The van der Waals surface area contributed by atoms with Crippen molar-refractivity contribution in [3.8, 4) is 23.0 Å². The minimum absolute atomic E-state index is 0.0415. The SMILES string of the molecule is CC(C)(C)OC(=O)CCN1CCOC(c2ccc(Oc3c(Cl)cccc3Cl)cc2F)C1.O=C(O)CCN1CCOC(c2ccc(Oc3c(Cl)cccc3Cl)cc2C(F)(F)F)C1. The van der Waals surface area contributed by atoms with E-state index in [0.29, 0.717) is 48.4 Å². The van der Waals surface area contributed by atoms with Gasteiger partial charge in [0.05, 0.1) is 63.9 Å². The van der Waals surface area contributed by atoms with Crippen LogP contribution in [0.2, 0.25) is 20.1 Å². The van der Waals surface area contributed by atoms with Crippen molar-refractivity contribution >= 4 is 58.3 Å². The molecule has 330 valence electrons. The maximum Gasteiger partial charge on any atom is 0.416 e. The van der Waals surface area contributed by atoms with E-state index in [-0.39, 0.29) is 77.1 Å². The van der Waals surface area contributed by atoms with Gasteiger partial charge in [0.25, 0.3) is 0 Å². The number of hydrogen-bond acceptors (Lipinski definition) is 9. The Morgan fingerprint density at radius 1 is 0.721 bits per heavy atom. The average Bonchev–Trinajstić information content (AvgIpc) is 3.19. The molecule has 18 heteroatoms. The minimum atomic E-state index is -4.65. The Balaban J connectivity index is 0.000000231. The molecule has 2 unspecified atom stereocenters. The van der Waals surface area contributed by atoms with E-state index < -0.39 is 41.3 Å². The summed E-state index contributed by atoms with van der Waals surface area (Å²) in [5.74, 6) is -1.10. The number of alkyl halides is 3. The van der Waals surface area contributed by atoms with Gasteiger partial charge in [0.1, 0.15) is 22.9 Å². The first-order chi connectivity index (χ1) is 28.8. The summed E-state index contributed by atoms with van der Waals surface area (Å²) >= 11 is 24.3. The molecule has 10 nitrogen and oxygen atoms in total. The van der Waals surface area contributed by atoms with Gasteiger partial charge in [-0.2, -0.15) is 13.2 Å². The highest BCUT2D eigenvalue weighted by Crippen LogP contribution is 2.42. The summed E-state index contributed by atoms with van der Waals surface area (Å²) in [6.45, 7) is 8.71. The van der Waals surface area contributed by atoms with Gasteiger partial charge < -0.3 is 28.8 Å². The lowest BCUT2D eigenvalue weighted by atomic mass is 10.00. The van der Waals surface area contributed by atoms with Gasteiger partial charge in [-0.25, -0.2) is 4.39 Å². The van der Waals surface area contributed by atoms with Crippen molar-refractivity contribution in [1.29, 1.82) is 0 Å². The van der Waals surface area contributed by atoms with Gasteiger partial charge in [0.2, 0.25) is 0 Å². The lowest BCUT2D eigenvalue weighted by Gasteiger charge is -2.34. The third kappa shape index (κ3) is 14.3. The molecule has 0 radical (unpaired) electrons. The van der Waals surface area contributed by atoms with Gasteiger partial charge >= 0.3 is 18.1 Å². The molecule has 4 aromatic rings. The van der Waals surface area contributed by atoms with Crippen LogP contribution < -0.4 is 9.47 Å². The number of hydrogen-bond donors (Lipinski definition) is 1. The molecule has 0 spiro atoms. The molecule has 1 N–H and O–H groups in total. The first-order valence-corrected chi connectivity index (χ1v) is 20.6. The number of esters is 1. The molecule has 2 heterocycles. The molecular formula is C43H44Cl4F4N2O8. The molecule has 2 fully saturated rings. The van der Waals surface area contributed by atoms with E-state index >= 15 is 0 Å². The normalized spacial score (nSPS) is 17.6. The van der Waals surface area contributed by atoms with Gasteiger partial charge in [-0.15, -0.1) is 0 Å². The predicted molar refractivity (Wildman–Crippen MR) is 224 cm³/mol. The Morgan fingerprint density at radius 2 is 1.18 bits per heavy atom. The molecule has 0 amide bonds. The van der Waals surface area contributed by atoms with Crippen molar-refractivity contribution < 1.29 is 55.9 Å². The molecule has 6 rings (SSSR count). The highest BCUT2D eigenvalue weighted by molar-refractivity contribution is 6.37. The number of carbonyl (C=O) groups is 2. The summed E-state index contributed by atoms with van der Waals surface area (Å²) < 4.78 is 84.1. The molecule has 2 saturated heterocycles. The van der Waals surface area contributed by atoms with Crippen LogP contribution in [0.1, 0.15) is 62.5 Å². The van der Waals surface area contributed by atoms with Crippen LogP contribution in [0.5, 0.6) is 23.0 Å². The fourth-order valence-corrected chi connectivity index (χ4v) is 7.39. The molecule has 0 saturated carbocycles. The van der Waals surface area contributed by atoms with Gasteiger partial charge in [0, 0.05) is 50.9 Å². The second kappa shape index (κ2) is 21.5. The number of carboxylic acid groups (broad SMARTS) is 1. The number of ether oxygens (including phenoxy) is 5. The number of carbonyl (C=O) groups excluding carboxylic acids is 1. The molecule has 0 aliphatic carbocycles. The summed E-state index contributed by atoms with van der Waals surface area (Å²) in [5.41, 5.74) is -1.01. The number of benzene rings is 4. The molecule has 2 aliphatic heterocycles. The van der Waals surface area contributed by atoms with Crippen molar-refractivity contribution in [2.45, 2.75) is 57.6 Å². The zero-order valence-electron chi connectivity index (χ0n) is 33.4. The Labute approximate surface area is 371 Å². The van der Waals surface area contributed by atoms with Crippen LogP contribution in [0.4, 0.5) is 17.6 Å². The highest BCUT2D eigenvalue weighted by atomic mass is 35.5. The van der Waals surface area contributed by atoms with Crippen molar-refractivity contribution in [2.24, 2.45) is 0 Å². The third-order valence-electron chi connectivity index (χ3n) is 9.27. The number of nitrogens with zero attached hydrogens (tertiary/aromatic N) is 2. The summed E-state index contributed by atoms with van der Waals surface area (Å²) in [5, 5.41) is 9.85. The van der Waals surface area contributed by atoms with Crippen LogP contribution in [0.15, 0.2) is 72.8 Å². The standard InChI is InChI=1S/C23H26Cl2FNO4.C20H18Cl2F3NO4/c1-23(2,3)31-21(28)9-10-27-11-12-29-20(14-27)16-8-7-15(13-19(16)26)30-22-17(24)5-4-6-18(22)25;21-15-2-1-3-16(22)19(15)30-12-4-5-13(14(10-12)20(23,24)25)17-11-26(8-9-29-17)7-6-18(27)28/h4-8,13,20H,9-12,14H2,1-3H3;1-5,10,17H,6-9,11H2,(H,27,28). The van der Waals surface area contributed by atoms with Crippen LogP contribution in [-0.2, 0) is 30.0 Å². The molecule has 0 bridgehead atoms. The zero-order valence-corrected chi connectivity index (χ0v) is 36.4. The highest BCUT2D eigenvalue weighted by Gasteiger charge is 2.37. The number of morpholine rings is 2. The molecule has 61 heavy (non-hydrogen) atoms. The Kier molecular flexibility index (Phi) is 17.0. The topological polar surface area (TPSA) is 107 Å². The Hall–Kier alpha value is -3.86. The van der Waals surface area contributed by atoms with Crippen LogP contribution in [0.3, 0.4) is 0 Å². The molecular weight excluding hydrogens is 890 g/mol. The van der Waals surface area contributed by atoms with E-state index in [1.165, 1.54) is 30.3 Å². The molecule has 2 atom stereocenters. The third-order valence-corrected chi connectivity index (χ3v) is 10.5. The molecule has 2 aliphatic rings. The lowest BCUT2D eigenvalue weighted by molar-refractivity contribution is -0.155. The van der Waals surface area contributed by atoms with E-state index in [1.54, 1.807) is 41.3 Å². The van der Waals surface area contributed by atoms with E-state index in [4.69, 9.17) is 75.2 Å². The monoisotopic (exact) mass is 932 g/mol. The van der Waals surface area contributed by atoms with Gasteiger partial charge in [-0.1, -0.05) is 64.6 Å². The maximum absolute atomic E-state index is 14.8. The number of carboxylic acids is 1. The van der Waals surface area contributed by atoms with E-state index in [1.807, 2.05) is 20.8 Å². The minimum Gasteiger partial charge on any atom is -0.481 e. The van der Waals surface area contributed by atoms with Gasteiger partial charge in [-0.3, -0.25) is 19.4 Å². The number of rotatable bonds is 12. The number of halogens is 8. The van der Waals surface area contributed by atoms with Crippen molar-refractivity contribution in [3.05, 3.63) is 115 Å². The van der Waals surface area contributed by atoms with E-state index in [9.17, 15) is 27.2 Å². The summed E-state index contributed by atoms with van der Waals surface area (Å²) in [6.07, 6.45) is -5.75. The molecule has 4 aromatic carbocycles. The summed E-state index contributed by atoms with van der Waals surface area (Å²) in [7, 11) is 0. The van der Waals surface area contributed by atoms with Crippen LogP contribution in [0.25, 0.3) is 0 Å². The first kappa shape index (κ1) is 48.2. The Morgan fingerprint density at radius 3 is 1.64 bits per heavy atom. The van der Waals surface area contributed by atoms with E-state index in [0.717, 1.165) is 6.07 Å². The van der Waals surface area contributed by atoms with Crippen LogP contribution >= 0.6 is 46.4 Å². The zero-order chi connectivity index (χ0) is 44.5. The maximum atomic E-state index is 14.8. The van der Waals surface area contributed by atoms with Gasteiger partial charge in [0.15, 0.2) is 11.5 Å². The largest absolute Gasteiger partial charge is 0.481 e. The van der Waals surface area contributed by atoms with Crippen LogP contribution in [-0.4, -0.2) is 84.9 Å². The van der Waals surface area contributed by atoms with E-state index in [2.05, 4.69) is 4.90 Å². The number of aliphatic carboxylic acids is 1. The van der Waals surface area contributed by atoms with Crippen molar-refractivity contribution in [1.82, 2.24) is 9.80 Å². The average molecular weight is 935 g/mol. The second-order valence-electron chi connectivity index (χ2n) is 15.0. The fourth-order valence-electron chi connectivity index (χ4n) is 6.44. The second-order valence-corrected chi connectivity index (χ2v) is 16.7. The molecule has 0 aromatic heterocycles. The van der Waals surface area contributed by atoms with Gasteiger partial charge in [-0.05, 0) is 74.9 Å². The van der Waals surface area contributed by atoms with Crippen molar-refractivity contribution in [3.63, 3.8) is 0 Å². The summed E-state index contributed by atoms with van der Waals surface area (Å²) in [6, 6.07) is 17.8. The van der Waals surface area contributed by atoms with Crippen molar-refractivity contribution in [2.75, 3.05) is 52.5 Å². The smallest absolute Gasteiger partial charge is 0.416 e. The lowest BCUT2D eigenvalue weighted by Crippen LogP contribution is -2.40. The fraction of sp³-hybridized carbons (Fsp3) is 0.395. The number of para-hydroxylation sites is 2. The Bertz CT molecular complexity index is 2120. The first-order valence-electron chi connectivity index (χ1n) is 19.1. The predicted octanol–water partition coefficient (Wildman–Crippen LogP) is 11.7. The van der Waals surface area contributed by atoms with Crippen LogP contribution in [0, 0.1) is 5.82 Å². The quantitative estimate of drug-likeness (QED) is 0.109. The summed E-state index contributed by atoms with van der Waals surface area (Å²) in [4.78, 5) is 26.6.